The molecule has 0 spiro atoms. The number of nitrogens with one attached hydrogen (secondary N) is 1. The van der Waals surface area contributed by atoms with Gasteiger partial charge < -0.3 is 9.72 Å². The lowest BCUT2D eigenvalue weighted by molar-refractivity contribution is -0.142. The van der Waals surface area contributed by atoms with Crippen LogP contribution in [0.2, 0.25) is 0 Å². The predicted octanol–water partition coefficient (Wildman–Crippen LogP) is 2.02. The van der Waals surface area contributed by atoms with E-state index < -0.39 is 29.9 Å². The van der Waals surface area contributed by atoms with Gasteiger partial charge in [-0.15, -0.1) is 0 Å². The van der Waals surface area contributed by atoms with Gasteiger partial charge in [-0.2, -0.15) is 0 Å². The molecule has 1 heterocycles. The van der Waals surface area contributed by atoms with Gasteiger partial charge in [-0.3, -0.25) is 9.59 Å². The molecule has 0 aromatic carbocycles. The summed E-state index contributed by atoms with van der Waals surface area (Å²) < 4.78 is 30.4. The van der Waals surface area contributed by atoms with Gasteiger partial charge in [0.25, 0.3) is 12.0 Å². The van der Waals surface area contributed by atoms with Gasteiger partial charge in [-0.25, -0.2) is 8.78 Å². The third-order valence-corrected chi connectivity index (χ3v) is 2.92. The molecule has 1 N–H and O–H groups in total. The van der Waals surface area contributed by atoms with Crippen LogP contribution in [-0.2, 0) is 16.0 Å². The molecule has 0 bridgehead atoms. The van der Waals surface area contributed by atoms with Crippen LogP contribution in [0.4, 0.5) is 8.78 Å². The minimum Gasteiger partial charge on any atom is -0.466 e. The van der Waals surface area contributed by atoms with Gasteiger partial charge in [0.05, 0.1) is 13.0 Å². The van der Waals surface area contributed by atoms with E-state index in [1.54, 1.807) is 29.5 Å². The van der Waals surface area contributed by atoms with Crippen molar-refractivity contribution in [2.75, 3.05) is 6.61 Å². The summed E-state index contributed by atoms with van der Waals surface area (Å²) >= 11 is 1.68. The summed E-state index contributed by atoms with van der Waals surface area (Å²) in [4.78, 5) is 25.0. The molecule has 0 amide bonds. The van der Waals surface area contributed by atoms with Crippen LogP contribution in [0.3, 0.4) is 0 Å². The monoisotopic (exact) mass is 357 g/mol. The van der Waals surface area contributed by atoms with Crippen molar-refractivity contribution in [2.24, 2.45) is 0 Å². The highest BCUT2D eigenvalue weighted by Gasteiger charge is 2.22. The van der Waals surface area contributed by atoms with Crippen LogP contribution in [0.15, 0.2) is 11.0 Å². The van der Waals surface area contributed by atoms with E-state index in [9.17, 15) is 18.4 Å². The molecule has 0 atom stereocenters. The third kappa shape index (κ3) is 3.48. The number of pyridine rings is 1. The van der Waals surface area contributed by atoms with E-state index in [1.165, 1.54) is 6.20 Å². The molecule has 0 unspecified atom stereocenters. The number of H-pyrrole nitrogens is 1. The van der Waals surface area contributed by atoms with Gasteiger partial charge in [-0.1, -0.05) is 0 Å². The van der Waals surface area contributed by atoms with Crippen LogP contribution in [0.1, 0.15) is 24.5 Å². The molecule has 1 aromatic heterocycles. The first-order chi connectivity index (χ1) is 7.97. The number of alkyl halides is 2. The largest absolute Gasteiger partial charge is 0.466 e. The van der Waals surface area contributed by atoms with Crippen molar-refractivity contribution in [1.29, 1.82) is 0 Å². The van der Waals surface area contributed by atoms with Crippen molar-refractivity contribution in [3.63, 3.8) is 0 Å². The quantitative estimate of drug-likeness (QED) is 0.663. The van der Waals surface area contributed by atoms with E-state index in [-0.39, 0.29) is 15.7 Å². The average molecular weight is 357 g/mol. The molecule has 0 radical (unpaired) electrons. The maximum absolute atomic E-state index is 12.8. The van der Waals surface area contributed by atoms with Crippen LogP contribution < -0.4 is 5.56 Å². The fraction of sp³-hybridized carbons (Fsp3) is 0.400. The lowest BCUT2D eigenvalue weighted by Gasteiger charge is -2.09. The molecule has 0 aliphatic carbocycles. The maximum Gasteiger partial charge on any atom is 0.310 e. The number of hydrogen-bond donors (Lipinski definition) is 1. The molecular formula is C10H10F2INO3. The molecule has 4 nitrogen and oxygen atoms in total. The normalized spacial score (nSPS) is 10.6. The number of halogens is 3. The number of ether oxygens (including phenoxy) is 1. The maximum atomic E-state index is 12.8. The molecule has 1 aromatic rings. The van der Waals surface area contributed by atoms with Crippen LogP contribution in [-0.4, -0.2) is 17.6 Å². The summed E-state index contributed by atoms with van der Waals surface area (Å²) in [6.45, 7) is 1.75. The standard InChI is InChI=1S/C10H10F2INO3/c1-2-17-7(15)3-5-8(9(11)12)6(13)4-14-10(5)16/h4,9H,2-3H2,1H3,(H,14,16). The fourth-order valence-corrected chi connectivity index (χ4v) is 2.04. The molecule has 0 aliphatic rings. The molecule has 7 heteroatoms. The number of rotatable bonds is 4. The highest BCUT2D eigenvalue weighted by Crippen LogP contribution is 2.25. The summed E-state index contributed by atoms with van der Waals surface area (Å²) in [6.07, 6.45) is -2.05. The number of esters is 1. The molecule has 94 valence electrons. The Bertz CT molecular complexity index is 473. The topological polar surface area (TPSA) is 59.2 Å². The van der Waals surface area contributed by atoms with E-state index in [0.29, 0.717) is 0 Å². The Morgan fingerprint density at radius 2 is 2.24 bits per heavy atom. The highest BCUT2D eigenvalue weighted by atomic mass is 127. The minimum absolute atomic E-state index is 0.144. The van der Waals surface area contributed by atoms with Gasteiger partial charge in [0.15, 0.2) is 0 Å². The Labute approximate surface area is 110 Å². The van der Waals surface area contributed by atoms with Crippen molar-refractivity contribution >= 4 is 28.6 Å². The average Bonchev–Trinajstić information content (AvgIpc) is 2.23. The molecule has 0 aliphatic heterocycles. The first-order valence-electron chi connectivity index (χ1n) is 4.81. The molecule has 0 fully saturated rings. The van der Waals surface area contributed by atoms with Crippen molar-refractivity contribution < 1.29 is 18.3 Å². The van der Waals surface area contributed by atoms with Crippen LogP contribution in [0, 0.1) is 3.57 Å². The van der Waals surface area contributed by atoms with E-state index in [2.05, 4.69) is 9.72 Å². The number of carbonyl (C=O) groups excluding carboxylic acids is 1. The Balaban J connectivity index is 3.17. The Hall–Kier alpha value is -0.990. The second-order valence-corrected chi connectivity index (χ2v) is 4.30. The van der Waals surface area contributed by atoms with E-state index in [4.69, 9.17) is 0 Å². The Kier molecular flexibility index (Phi) is 5.03. The Morgan fingerprint density at radius 3 is 2.76 bits per heavy atom. The van der Waals surface area contributed by atoms with Gasteiger partial charge >= 0.3 is 5.97 Å². The van der Waals surface area contributed by atoms with Crippen molar-refractivity contribution in [3.8, 4) is 0 Å². The second-order valence-electron chi connectivity index (χ2n) is 3.14. The zero-order chi connectivity index (χ0) is 13.0. The van der Waals surface area contributed by atoms with Crippen LogP contribution >= 0.6 is 22.6 Å². The predicted molar refractivity (Wildman–Crippen MR) is 65.1 cm³/mol. The molecule has 0 saturated heterocycles. The van der Waals surface area contributed by atoms with Gasteiger partial charge in [-0.05, 0) is 29.5 Å². The number of aromatic amines is 1. The summed E-state index contributed by atoms with van der Waals surface area (Å²) in [5.74, 6) is -0.693. The van der Waals surface area contributed by atoms with Crippen LogP contribution in [0.25, 0.3) is 0 Å². The number of aromatic nitrogens is 1. The zero-order valence-electron chi connectivity index (χ0n) is 8.93. The first kappa shape index (κ1) is 14.1. The smallest absolute Gasteiger partial charge is 0.310 e. The zero-order valence-corrected chi connectivity index (χ0v) is 11.1. The minimum atomic E-state index is -2.80. The van der Waals surface area contributed by atoms with Crippen molar-refractivity contribution in [2.45, 2.75) is 19.8 Å². The molecular weight excluding hydrogens is 347 g/mol. The summed E-state index contributed by atoms with van der Waals surface area (Å²) in [5, 5.41) is 0. The fourth-order valence-electron chi connectivity index (χ4n) is 1.33. The molecule has 1 rings (SSSR count). The van der Waals surface area contributed by atoms with E-state index in [0.717, 1.165) is 0 Å². The first-order valence-corrected chi connectivity index (χ1v) is 5.89. The lowest BCUT2D eigenvalue weighted by atomic mass is 10.1. The van der Waals surface area contributed by atoms with E-state index in [1.807, 2.05) is 0 Å². The lowest BCUT2D eigenvalue weighted by Crippen LogP contribution is -2.21. The summed E-state index contributed by atoms with van der Waals surface area (Å²) in [5.41, 5.74) is -1.32. The molecule has 17 heavy (non-hydrogen) atoms. The van der Waals surface area contributed by atoms with Gasteiger partial charge in [0.2, 0.25) is 0 Å². The van der Waals surface area contributed by atoms with Gasteiger partial charge in [0, 0.05) is 20.9 Å². The number of carbonyl (C=O) groups is 1. The SMILES string of the molecule is CCOC(=O)Cc1c(C(F)F)c(I)c[nH]c1=O. The summed E-state index contributed by atoms with van der Waals surface area (Å²) in [7, 11) is 0. The van der Waals surface area contributed by atoms with E-state index >= 15 is 0 Å². The number of hydrogen-bond acceptors (Lipinski definition) is 3. The van der Waals surface area contributed by atoms with Crippen molar-refractivity contribution in [3.05, 3.63) is 31.2 Å². The van der Waals surface area contributed by atoms with Gasteiger partial charge in [0.1, 0.15) is 0 Å². The summed E-state index contributed by atoms with van der Waals surface area (Å²) in [6, 6.07) is 0. The molecule has 0 saturated carbocycles. The third-order valence-electron chi connectivity index (χ3n) is 2.03. The van der Waals surface area contributed by atoms with Crippen molar-refractivity contribution in [1.82, 2.24) is 4.98 Å². The second kappa shape index (κ2) is 6.08. The van der Waals surface area contributed by atoms with Crippen LogP contribution in [0.5, 0.6) is 0 Å². The highest BCUT2D eigenvalue weighted by molar-refractivity contribution is 14.1. The Morgan fingerprint density at radius 1 is 1.59 bits per heavy atom.